The van der Waals surface area contributed by atoms with Crippen LogP contribution >= 0.6 is 0 Å². The van der Waals surface area contributed by atoms with Crippen molar-refractivity contribution in [1.82, 2.24) is 14.8 Å². The van der Waals surface area contributed by atoms with E-state index in [1.165, 1.54) is 16.8 Å². The van der Waals surface area contributed by atoms with E-state index in [-0.39, 0.29) is 11.8 Å². The summed E-state index contributed by atoms with van der Waals surface area (Å²) in [6.45, 7) is 5.75. The first-order valence-electron chi connectivity index (χ1n) is 10.9. The maximum atomic E-state index is 12.8. The Labute approximate surface area is 195 Å². The summed E-state index contributed by atoms with van der Waals surface area (Å²) >= 11 is 0. The third-order valence-corrected chi connectivity index (χ3v) is 5.66. The Kier molecular flexibility index (Phi) is 5.99. The van der Waals surface area contributed by atoms with Gasteiger partial charge < -0.3 is 16.0 Å². The lowest BCUT2D eigenvalue weighted by molar-refractivity contribution is -0.137. The molecule has 2 heterocycles. The van der Waals surface area contributed by atoms with Gasteiger partial charge in [-0.3, -0.25) is 4.79 Å². The van der Waals surface area contributed by atoms with Gasteiger partial charge >= 0.3 is 6.18 Å². The van der Waals surface area contributed by atoms with Gasteiger partial charge in [-0.2, -0.15) is 18.3 Å². The van der Waals surface area contributed by atoms with Gasteiger partial charge in [-0.05, 0) is 61.2 Å². The Hall–Kier alpha value is -3.59. The average Bonchev–Trinajstić information content (AvgIpc) is 3.40. The Morgan fingerprint density at radius 2 is 1.85 bits per heavy atom. The molecule has 0 aliphatic rings. The molecule has 4 N–H and O–H groups in total. The monoisotopic (exact) mass is 469 g/mol. The van der Waals surface area contributed by atoms with Crippen LogP contribution in [0.25, 0.3) is 27.7 Å². The number of amides is 1. The molecule has 6 nitrogen and oxygen atoms in total. The lowest BCUT2D eigenvalue weighted by atomic mass is 9.91. The number of anilines is 1. The Bertz CT molecular complexity index is 1320. The van der Waals surface area contributed by atoms with Crippen molar-refractivity contribution in [2.75, 3.05) is 5.32 Å². The zero-order chi connectivity index (χ0) is 24.7. The molecule has 0 radical (unpaired) electrons. The van der Waals surface area contributed by atoms with Gasteiger partial charge in [0, 0.05) is 28.9 Å². The number of aromatic nitrogens is 3. The highest BCUT2D eigenvalue weighted by molar-refractivity contribution is 6.05. The molecule has 0 aliphatic carbocycles. The van der Waals surface area contributed by atoms with E-state index in [0.717, 1.165) is 34.2 Å². The maximum Gasteiger partial charge on any atom is 0.416 e. The quantitative estimate of drug-likeness (QED) is 0.336. The SMILES string of the molecule is CC(C)CC(C)(N)C(=O)Nc1c[nH]c2ccc(-c3cnn(-c4ccc(C(F)(F)F)cc4)c3)cc12. The molecular formula is C25H26F3N5O. The molecule has 0 saturated heterocycles. The van der Waals surface area contributed by atoms with Crippen LogP contribution < -0.4 is 11.1 Å². The number of hydrogen-bond donors (Lipinski definition) is 3. The Morgan fingerprint density at radius 1 is 1.15 bits per heavy atom. The molecule has 1 unspecified atom stereocenters. The number of benzene rings is 2. The third kappa shape index (κ3) is 4.84. The van der Waals surface area contributed by atoms with Gasteiger partial charge in [0.25, 0.3) is 0 Å². The van der Waals surface area contributed by atoms with E-state index in [4.69, 9.17) is 5.73 Å². The molecule has 0 aliphatic heterocycles. The summed E-state index contributed by atoms with van der Waals surface area (Å²) in [7, 11) is 0. The van der Waals surface area contributed by atoms with E-state index >= 15 is 0 Å². The molecule has 4 rings (SSSR count). The summed E-state index contributed by atoms with van der Waals surface area (Å²) in [5.74, 6) is 0.0131. The number of nitrogens with zero attached hydrogens (tertiary/aromatic N) is 2. The number of aromatic amines is 1. The Balaban J connectivity index is 1.59. The van der Waals surface area contributed by atoms with Gasteiger partial charge in [-0.25, -0.2) is 4.68 Å². The van der Waals surface area contributed by atoms with Crippen molar-refractivity contribution in [3.8, 4) is 16.8 Å². The molecule has 178 valence electrons. The number of H-pyrrole nitrogens is 1. The first-order valence-corrected chi connectivity index (χ1v) is 10.9. The fourth-order valence-corrected chi connectivity index (χ4v) is 4.03. The van der Waals surface area contributed by atoms with E-state index in [0.29, 0.717) is 17.8 Å². The van der Waals surface area contributed by atoms with E-state index in [1.807, 2.05) is 32.0 Å². The predicted octanol–water partition coefficient (Wildman–Crippen LogP) is 5.74. The number of halogens is 3. The number of carbonyl (C=O) groups excluding carboxylic acids is 1. The molecule has 0 spiro atoms. The van der Waals surface area contributed by atoms with Gasteiger partial charge in [0.05, 0.1) is 28.7 Å². The number of rotatable bonds is 6. The first kappa shape index (κ1) is 23.6. The fourth-order valence-electron chi connectivity index (χ4n) is 4.03. The second-order valence-corrected chi connectivity index (χ2v) is 9.15. The van der Waals surface area contributed by atoms with Crippen molar-refractivity contribution in [3.05, 3.63) is 66.6 Å². The van der Waals surface area contributed by atoms with E-state index in [1.54, 1.807) is 25.5 Å². The van der Waals surface area contributed by atoms with Crippen molar-refractivity contribution >= 4 is 22.5 Å². The van der Waals surface area contributed by atoms with Crippen molar-refractivity contribution in [2.24, 2.45) is 11.7 Å². The minimum Gasteiger partial charge on any atom is -0.359 e. The van der Waals surface area contributed by atoms with Crippen LogP contribution in [-0.4, -0.2) is 26.2 Å². The van der Waals surface area contributed by atoms with Crippen molar-refractivity contribution in [1.29, 1.82) is 0 Å². The predicted molar refractivity (Wildman–Crippen MR) is 127 cm³/mol. The molecule has 2 aromatic heterocycles. The maximum absolute atomic E-state index is 12.8. The molecule has 1 amide bonds. The molecule has 0 bridgehead atoms. The topological polar surface area (TPSA) is 88.7 Å². The standard InChI is InChI=1S/C25H26F3N5O/c1-15(2)11-24(3,29)23(34)32-22-13-30-21-9-4-16(10-20(21)22)17-12-31-33(14-17)19-7-5-18(6-8-19)25(26,27)28/h4-10,12-15,30H,11,29H2,1-3H3,(H,32,34). The van der Waals surface area contributed by atoms with Crippen LogP contribution in [0.5, 0.6) is 0 Å². The van der Waals surface area contributed by atoms with E-state index in [9.17, 15) is 18.0 Å². The van der Waals surface area contributed by atoms with Crippen LogP contribution in [0.2, 0.25) is 0 Å². The van der Waals surface area contributed by atoms with Crippen molar-refractivity contribution in [2.45, 2.75) is 38.9 Å². The average molecular weight is 470 g/mol. The number of fused-ring (bicyclic) bond motifs is 1. The number of hydrogen-bond acceptors (Lipinski definition) is 3. The van der Waals surface area contributed by atoms with Crippen LogP contribution in [0.3, 0.4) is 0 Å². The van der Waals surface area contributed by atoms with Gasteiger partial charge in [-0.1, -0.05) is 19.9 Å². The summed E-state index contributed by atoms with van der Waals surface area (Å²) < 4.78 is 40.0. The van der Waals surface area contributed by atoms with Crippen LogP contribution in [0.1, 0.15) is 32.8 Å². The molecule has 1 atom stereocenters. The smallest absolute Gasteiger partial charge is 0.359 e. The molecule has 0 fully saturated rings. The lowest BCUT2D eigenvalue weighted by Gasteiger charge is -2.25. The highest BCUT2D eigenvalue weighted by Gasteiger charge is 2.30. The first-order chi connectivity index (χ1) is 15.9. The summed E-state index contributed by atoms with van der Waals surface area (Å²) in [6.07, 6.45) is 1.28. The summed E-state index contributed by atoms with van der Waals surface area (Å²) in [6, 6.07) is 10.5. The number of nitrogens with two attached hydrogens (primary N) is 1. The zero-order valence-corrected chi connectivity index (χ0v) is 19.1. The second-order valence-electron chi connectivity index (χ2n) is 9.15. The minimum absolute atomic E-state index is 0.261. The van der Waals surface area contributed by atoms with E-state index in [2.05, 4.69) is 15.4 Å². The number of alkyl halides is 3. The van der Waals surface area contributed by atoms with Crippen molar-refractivity contribution in [3.63, 3.8) is 0 Å². The van der Waals surface area contributed by atoms with Gasteiger partial charge in [-0.15, -0.1) is 0 Å². The third-order valence-electron chi connectivity index (χ3n) is 5.66. The molecule has 4 aromatic rings. The molecule has 0 saturated carbocycles. The van der Waals surface area contributed by atoms with Gasteiger partial charge in [0.1, 0.15) is 0 Å². The van der Waals surface area contributed by atoms with Crippen LogP contribution in [0.4, 0.5) is 18.9 Å². The summed E-state index contributed by atoms with van der Waals surface area (Å²) in [4.78, 5) is 15.9. The number of carbonyl (C=O) groups is 1. The normalized spacial score (nSPS) is 13.9. The fraction of sp³-hybridized carbons (Fsp3) is 0.280. The largest absolute Gasteiger partial charge is 0.416 e. The zero-order valence-electron chi connectivity index (χ0n) is 19.1. The second kappa shape index (κ2) is 8.64. The molecule has 34 heavy (non-hydrogen) atoms. The van der Waals surface area contributed by atoms with Crippen LogP contribution in [-0.2, 0) is 11.0 Å². The summed E-state index contributed by atoms with van der Waals surface area (Å²) in [5.41, 5.74) is 8.14. The number of nitrogens with one attached hydrogen (secondary N) is 2. The van der Waals surface area contributed by atoms with Crippen LogP contribution in [0.15, 0.2) is 61.1 Å². The van der Waals surface area contributed by atoms with Gasteiger partial charge in [0.15, 0.2) is 0 Å². The summed E-state index contributed by atoms with van der Waals surface area (Å²) in [5, 5.41) is 8.04. The van der Waals surface area contributed by atoms with Crippen molar-refractivity contribution < 1.29 is 18.0 Å². The highest BCUT2D eigenvalue weighted by Crippen LogP contribution is 2.31. The molecular weight excluding hydrogens is 443 g/mol. The molecule has 2 aromatic carbocycles. The van der Waals surface area contributed by atoms with E-state index < -0.39 is 17.3 Å². The van der Waals surface area contributed by atoms with Crippen LogP contribution in [0, 0.1) is 5.92 Å². The van der Waals surface area contributed by atoms with Gasteiger partial charge in [0.2, 0.25) is 5.91 Å². The highest BCUT2D eigenvalue weighted by atomic mass is 19.4. The molecule has 9 heteroatoms. The Morgan fingerprint density at radius 3 is 2.50 bits per heavy atom. The lowest BCUT2D eigenvalue weighted by Crippen LogP contribution is -2.49. The minimum atomic E-state index is -4.39.